The van der Waals surface area contributed by atoms with Crippen LogP contribution >= 0.6 is 0 Å². The monoisotopic (exact) mass is 400 g/mol. The minimum atomic E-state index is -1.86. The summed E-state index contributed by atoms with van der Waals surface area (Å²) >= 11 is -3.65. The van der Waals surface area contributed by atoms with Crippen molar-refractivity contribution in [2.75, 3.05) is 0 Å². The summed E-state index contributed by atoms with van der Waals surface area (Å²) in [6.45, 7) is 9.95. The lowest BCUT2D eigenvalue weighted by atomic mass is 10.4. The molecule has 0 rings (SSSR count). The van der Waals surface area contributed by atoms with Crippen LogP contribution in [0.5, 0.6) is 0 Å². The molecule has 0 amide bonds. The summed E-state index contributed by atoms with van der Waals surface area (Å²) < 4.78 is 41.2. The second kappa shape index (κ2) is 16.8. The first kappa shape index (κ1) is 26.6. The molecule has 0 bridgehead atoms. The Bertz CT molecular complexity index is 600. The molecule has 0 aliphatic heterocycles. The highest BCUT2D eigenvalue weighted by molar-refractivity contribution is 7.75. The van der Waals surface area contributed by atoms with Gasteiger partial charge in [-0.1, -0.05) is 23.7 Å². The summed E-state index contributed by atoms with van der Waals surface area (Å²) in [4.78, 5) is 0. The molecular weight excluding hydrogens is 376 g/mol. The molecule has 4 unspecified atom stereocenters. The minimum absolute atomic E-state index is 0.400. The van der Waals surface area contributed by atoms with Gasteiger partial charge in [-0.2, -0.15) is 8.42 Å². The summed E-state index contributed by atoms with van der Waals surface area (Å²) in [6.07, 6.45) is 8.06. The lowest BCUT2D eigenvalue weighted by molar-refractivity contribution is 0.212. The SMILES string of the molecule is C#CC(C)OS(=O)OC(C)C#C.CC#CC(C)OS(=O)OC(C)C#CC. The van der Waals surface area contributed by atoms with Gasteiger partial charge in [0.15, 0.2) is 0 Å². The summed E-state index contributed by atoms with van der Waals surface area (Å²) in [7, 11) is 0. The van der Waals surface area contributed by atoms with Crippen LogP contribution < -0.4 is 0 Å². The molecule has 0 aromatic carbocycles. The molecule has 0 N–H and O–H groups in total. The van der Waals surface area contributed by atoms with Crippen LogP contribution in [0.2, 0.25) is 0 Å². The average Bonchev–Trinajstić information content (AvgIpc) is 2.55. The first-order valence-corrected chi connectivity index (χ1v) is 9.48. The molecule has 6 nitrogen and oxygen atoms in total. The molecule has 0 aromatic heterocycles. The van der Waals surface area contributed by atoms with Crippen LogP contribution in [-0.4, -0.2) is 32.8 Å². The highest BCUT2D eigenvalue weighted by atomic mass is 32.2. The number of terminal acetylenes is 2. The van der Waals surface area contributed by atoms with Gasteiger partial charge in [0.1, 0.15) is 24.4 Å². The lowest BCUT2D eigenvalue weighted by Gasteiger charge is -2.07. The van der Waals surface area contributed by atoms with Gasteiger partial charge in [-0.25, -0.2) is 0 Å². The quantitative estimate of drug-likeness (QED) is 0.581. The Morgan fingerprint density at radius 2 is 0.923 bits per heavy atom. The van der Waals surface area contributed by atoms with Gasteiger partial charge in [0.25, 0.3) is 0 Å². The molecular formula is C18H24O6S2. The molecule has 0 spiro atoms. The van der Waals surface area contributed by atoms with Crippen molar-refractivity contribution < 1.29 is 25.2 Å². The molecule has 0 aromatic rings. The zero-order valence-electron chi connectivity index (χ0n) is 15.7. The Kier molecular flexibility index (Phi) is 17.2. The highest BCUT2D eigenvalue weighted by Crippen LogP contribution is 2.00. The molecule has 0 saturated carbocycles. The molecule has 0 fully saturated rings. The zero-order valence-corrected chi connectivity index (χ0v) is 17.4. The van der Waals surface area contributed by atoms with Crippen LogP contribution in [0.25, 0.3) is 0 Å². The van der Waals surface area contributed by atoms with Gasteiger partial charge in [0, 0.05) is 0 Å². The van der Waals surface area contributed by atoms with Crippen molar-refractivity contribution in [3.05, 3.63) is 0 Å². The van der Waals surface area contributed by atoms with E-state index in [-0.39, 0.29) is 0 Å². The van der Waals surface area contributed by atoms with Gasteiger partial charge in [-0.3, -0.25) is 16.7 Å². The normalized spacial score (nSPS) is 16.2. The van der Waals surface area contributed by atoms with Crippen LogP contribution in [0.1, 0.15) is 41.5 Å². The first-order chi connectivity index (χ1) is 12.2. The highest BCUT2D eigenvalue weighted by Gasteiger charge is 2.09. The van der Waals surface area contributed by atoms with Crippen LogP contribution in [0.3, 0.4) is 0 Å². The number of hydrogen-bond acceptors (Lipinski definition) is 6. The molecule has 0 aliphatic carbocycles. The molecule has 26 heavy (non-hydrogen) atoms. The van der Waals surface area contributed by atoms with Crippen molar-refractivity contribution in [1.29, 1.82) is 0 Å². The molecule has 0 heterocycles. The smallest absolute Gasteiger partial charge is 0.252 e. The van der Waals surface area contributed by atoms with Crippen molar-refractivity contribution in [3.8, 4) is 48.4 Å². The fourth-order valence-corrected chi connectivity index (χ4v) is 2.27. The van der Waals surface area contributed by atoms with E-state index in [4.69, 9.17) is 29.6 Å². The summed E-state index contributed by atoms with van der Waals surface area (Å²) in [5.74, 6) is 15.2. The maximum atomic E-state index is 11.1. The molecule has 4 atom stereocenters. The third kappa shape index (κ3) is 17.2. The van der Waals surface area contributed by atoms with Crippen LogP contribution in [0, 0.1) is 48.4 Å². The molecule has 0 radical (unpaired) electrons. The second-order valence-corrected chi connectivity index (χ2v) is 6.07. The van der Waals surface area contributed by atoms with E-state index in [9.17, 15) is 8.42 Å². The van der Waals surface area contributed by atoms with Gasteiger partial charge >= 0.3 is 22.7 Å². The van der Waals surface area contributed by atoms with E-state index in [1.807, 2.05) is 0 Å². The Morgan fingerprint density at radius 3 is 1.15 bits per heavy atom. The summed E-state index contributed by atoms with van der Waals surface area (Å²) in [6, 6.07) is 0. The predicted octanol–water partition coefficient (Wildman–Crippen LogP) is 2.06. The van der Waals surface area contributed by atoms with E-state index in [0.29, 0.717) is 0 Å². The van der Waals surface area contributed by atoms with Crippen LogP contribution in [0.15, 0.2) is 0 Å². The van der Waals surface area contributed by atoms with Crippen molar-refractivity contribution in [2.24, 2.45) is 0 Å². The number of hydrogen-bond donors (Lipinski definition) is 0. The van der Waals surface area contributed by atoms with Crippen LogP contribution in [-0.2, 0) is 39.5 Å². The van der Waals surface area contributed by atoms with Gasteiger partial charge in [0.05, 0.1) is 0 Å². The lowest BCUT2D eigenvalue weighted by Crippen LogP contribution is -2.15. The van der Waals surface area contributed by atoms with E-state index in [1.54, 1.807) is 41.5 Å². The molecule has 8 heteroatoms. The Morgan fingerprint density at radius 1 is 0.654 bits per heavy atom. The maximum absolute atomic E-state index is 11.1. The second-order valence-electron chi connectivity index (χ2n) is 4.48. The minimum Gasteiger partial charge on any atom is -0.252 e. The third-order valence-corrected chi connectivity index (χ3v) is 3.84. The van der Waals surface area contributed by atoms with Crippen molar-refractivity contribution in [3.63, 3.8) is 0 Å². The average molecular weight is 401 g/mol. The topological polar surface area (TPSA) is 71.1 Å². The molecule has 144 valence electrons. The molecule has 0 aliphatic rings. The summed E-state index contributed by atoms with van der Waals surface area (Å²) in [5, 5.41) is 0. The van der Waals surface area contributed by atoms with Gasteiger partial charge < -0.3 is 0 Å². The predicted molar refractivity (Wildman–Crippen MR) is 103 cm³/mol. The van der Waals surface area contributed by atoms with Crippen molar-refractivity contribution in [1.82, 2.24) is 0 Å². The summed E-state index contributed by atoms with van der Waals surface area (Å²) in [5.41, 5.74) is 0. The Labute approximate surface area is 162 Å². The first-order valence-electron chi connectivity index (χ1n) is 7.48. The fraction of sp³-hybridized carbons (Fsp3) is 0.556. The van der Waals surface area contributed by atoms with E-state index < -0.39 is 47.1 Å². The van der Waals surface area contributed by atoms with E-state index in [0.717, 1.165) is 0 Å². The van der Waals surface area contributed by atoms with Gasteiger partial charge in [-0.05, 0) is 41.5 Å². The standard InChI is InChI=1S/C10H14O3S.C8H10O3S/c1-5-7-9(3)12-14(11)13-10(4)8-6-2;1-5-7(3)10-12(9)11-8(4)6-2/h9-10H,1-4H3;1-2,7-8H,3-4H3. The van der Waals surface area contributed by atoms with Gasteiger partial charge in [0.2, 0.25) is 0 Å². The van der Waals surface area contributed by atoms with Gasteiger partial charge in [-0.15, -0.1) is 24.7 Å². The maximum Gasteiger partial charge on any atom is 0.307 e. The molecule has 0 saturated heterocycles. The number of rotatable bonds is 8. The fourth-order valence-electron chi connectivity index (χ4n) is 1.03. The van der Waals surface area contributed by atoms with Crippen molar-refractivity contribution >= 4 is 22.7 Å². The Balaban J connectivity index is 0. The van der Waals surface area contributed by atoms with E-state index in [2.05, 4.69) is 35.5 Å². The van der Waals surface area contributed by atoms with Crippen LogP contribution in [0.4, 0.5) is 0 Å². The van der Waals surface area contributed by atoms with E-state index >= 15 is 0 Å². The largest absolute Gasteiger partial charge is 0.307 e. The Hall–Kier alpha value is -1.62. The zero-order chi connectivity index (χ0) is 20.5. The third-order valence-electron chi connectivity index (χ3n) is 2.06. The van der Waals surface area contributed by atoms with E-state index in [1.165, 1.54) is 0 Å². The van der Waals surface area contributed by atoms with Crippen molar-refractivity contribution in [2.45, 2.75) is 66.0 Å².